The molecule has 2 nitrogen and oxygen atoms in total. The Morgan fingerprint density at radius 2 is 1.88 bits per heavy atom. The number of hydrogen-bond donors (Lipinski definition) is 1. The molecule has 1 N–H and O–H groups in total. The maximum absolute atomic E-state index is 13.2. The zero-order chi connectivity index (χ0) is 11.8. The lowest BCUT2D eigenvalue weighted by molar-refractivity contribution is 0.589. The van der Waals surface area contributed by atoms with E-state index in [2.05, 4.69) is 9.97 Å². The van der Waals surface area contributed by atoms with Crippen LogP contribution in [-0.2, 0) is 0 Å². The molecule has 0 spiro atoms. The molecule has 0 aliphatic heterocycles. The largest absolute Gasteiger partial charge is 0.359 e. The van der Waals surface area contributed by atoms with E-state index >= 15 is 0 Å². The minimum absolute atomic E-state index is 0.495. The highest BCUT2D eigenvalue weighted by Crippen LogP contribution is 2.32. The SMILES string of the molecule is Fc1ccc2[nH]cc(-c3ccccc3Cl)c2n1. The van der Waals surface area contributed by atoms with Crippen LogP contribution in [0, 0.1) is 5.95 Å². The van der Waals surface area contributed by atoms with Crippen LogP contribution in [0.4, 0.5) is 4.39 Å². The molecule has 0 bridgehead atoms. The Hall–Kier alpha value is -1.87. The Bertz CT molecular complexity index is 691. The first-order valence-corrected chi connectivity index (χ1v) is 5.52. The van der Waals surface area contributed by atoms with Crippen molar-refractivity contribution >= 4 is 22.6 Å². The molecule has 0 saturated heterocycles. The molecule has 2 aromatic heterocycles. The molecule has 0 fully saturated rings. The van der Waals surface area contributed by atoms with Gasteiger partial charge in [0.15, 0.2) is 0 Å². The first-order chi connectivity index (χ1) is 8.25. The van der Waals surface area contributed by atoms with Crippen molar-refractivity contribution in [3.8, 4) is 11.1 Å². The minimum atomic E-state index is -0.495. The lowest BCUT2D eigenvalue weighted by atomic mass is 10.1. The second kappa shape index (κ2) is 3.86. The highest BCUT2D eigenvalue weighted by atomic mass is 35.5. The normalized spacial score (nSPS) is 10.9. The van der Waals surface area contributed by atoms with Crippen LogP contribution in [0.3, 0.4) is 0 Å². The standard InChI is InChI=1S/C13H8ClFN2/c14-10-4-2-1-3-8(10)9-7-16-11-5-6-12(15)17-13(9)11/h1-7,16H. The van der Waals surface area contributed by atoms with E-state index in [9.17, 15) is 4.39 Å². The number of hydrogen-bond acceptors (Lipinski definition) is 1. The van der Waals surface area contributed by atoms with Crippen LogP contribution < -0.4 is 0 Å². The number of H-pyrrole nitrogens is 1. The number of fused-ring (bicyclic) bond motifs is 1. The average Bonchev–Trinajstić information content (AvgIpc) is 2.72. The zero-order valence-corrected chi connectivity index (χ0v) is 9.50. The van der Waals surface area contributed by atoms with E-state index in [1.165, 1.54) is 6.07 Å². The predicted molar refractivity (Wildman–Crippen MR) is 66.5 cm³/mol. The molecule has 0 radical (unpaired) electrons. The molecule has 2 heterocycles. The van der Waals surface area contributed by atoms with Crippen LogP contribution in [0.1, 0.15) is 0 Å². The second-order valence-electron chi connectivity index (χ2n) is 3.71. The van der Waals surface area contributed by atoms with Crippen LogP contribution in [0.25, 0.3) is 22.2 Å². The number of aromatic nitrogens is 2. The molecule has 84 valence electrons. The van der Waals surface area contributed by atoms with Gasteiger partial charge in [-0.15, -0.1) is 0 Å². The maximum Gasteiger partial charge on any atom is 0.213 e. The summed E-state index contributed by atoms with van der Waals surface area (Å²) in [6.07, 6.45) is 1.79. The van der Waals surface area contributed by atoms with Gasteiger partial charge in [0.25, 0.3) is 0 Å². The van der Waals surface area contributed by atoms with E-state index in [1.54, 1.807) is 18.3 Å². The number of halogens is 2. The van der Waals surface area contributed by atoms with Crippen molar-refractivity contribution in [2.75, 3.05) is 0 Å². The third-order valence-electron chi connectivity index (χ3n) is 2.65. The molecule has 3 rings (SSSR count). The third-order valence-corrected chi connectivity index (χ3v) is 2.98. The van der Waals surface area contributed by atoms with E-state index in [4.69, 9.17) is 11.6 Å². The fourth-order valence-corrected chi connectivity index (χ4v) is 2.10. The molecular formula is C13H8ClFN2. The molecule has 0 aliphatic carbocycles. The summed E-state index contributed by atoms with van der Waals surface area (Å²) in [5.74, 6) is -0.495. The van der Waals surface area contributed by atoms with E-state index in [0.29, 0.717) is 10.5 Å². The summed E-state index contributed by atoms with van der Waals surface area (Å²) in [5.41, 5.74) is 3.04. The van der Waals surface area contributed by atoms with Crippen LogP contribution in [0.5, 0.6) is 0 Å². The smallest absolute Gasteiger partial charge is 0.213 e. The van der Waals surface area contributed by atoms with Crippen molar-refractivity contribution in [1.29, 1.82) is 0 Å². The number of aromatic amines is 1. The molecule has 0 atom stereocenters. The lowest BCUT2D eigenvalue weighted by Crippen LogP contribution is -1.84. The van der Waals surface area contributed by atoms with Crippen molar-refractivity contribution in [3.05, 3.63) is 53.6 Å². The second-order valence-corrected chi connectivity index (χ2v) is 4.12. The molecule has 0 saturated carbocycles. The Morgan fingerprint density at radius 1 is 1.06 bits per heavy atom. The molecule has 1 aromatic carbocycles. The average molecular weight is 247 g/mol. The van der Waals surface area contributed by atoms with Gasteiger partial charge in [0.2, 0.25) is 5.95 Å². The van der Waals surface area contributed by atoms with Crippen molar-refractivity contribution in [3.63, 3.8) is 0 Å². The fourth-order valence-electron chi connectivity index (χ4n) is 1.86. The van der Waals surface area contributed by atoms with Gasteiger partial charge in [-0.05, 0) is 18.2 Å². The third kappa shape index (κ3) is 1.68. The van der Waals surface area contributed by atoms with Crippen LogP contribution >= 0.6 is 11.6 Å². The van der Waals surface area contributed by atoms with Gasteiger partial charge in [0.05, 0.1) is 11.0 Å². The molecule has 0 aliphatic rings. The van der Waals surface area contributed by atoms with Gasteiger partial charge in [0, 0.05) is 22.3 Å². The lowest BCUT2D eigenvalue weighted by Gasteiger charge is -2.01. The summed E-state index contributed by atoms with van der Waals surface area (Å²) in [5, 5.41) is 0.625. The van der Waals surface area contributed by atoms with Crippen molar-refractivity contribution in [1.82, 2.24) is 9.97 Å². The predicted octanol–water partition coefficient (Wildman–Crippen LogP) is 4.02. The topological polar surface area (TPSA) is 28.7 Å². The van der Waals surface area contributed by atoms with Gasteiger partial charge >= 0.3 is 0 Å². The maximum atomic E-state index is 13.2. The Kier molecular flexibility index (Phi) is 2.34. The molecule has 3 aromatic rings. The number of benzene rings is 1. The first kappa shape index (κ1) is 10.3. The van der Waals surface area contributed by atoms with Crippen molar-refractivity contribution in [2.24, 2.45) is 0 Å². The van der Waals surface area contributed by atoms with E-state index in [0.717, 1.165) is 16.6 Å². The Morgan fingerprint density at radius 3 is 2.71 bits per heavy atom. The van der Waals surface area contributed by atoms with E-state index < -0.39 is 5.95 Å². The van der Waals surface area contributed by atoms with Crippen molar-refractivity contribution in [2.45, 2.75) is 0 Å². The van der Waals surface area contributed by atoms with Crippen molar-refractivity contribution < 1.29 is 4.39 Å². The summed E-state index contributed by atoms with van der Waals surface area (Å²) in [6.45, 7) is 0. The fraction of sp³-hybridized carbons (Fsp3) is 0. The molecule has 17 heavy (non-hydrogen) atoms. The molecule has 0 unspecified atom stereocenters. The molecule has 4 heteroatoms. The number of pyridine rings is 1. The van der Waals surface area contributed by atoms with Crippen LogP contribution in [0.15, 0.2) is 42.6 Å². The van der Waals surface area contributed by atoms with Gasteiger partial charge in [-0.3, -0.25) is 0 Å². The highest BCUT2D eigenvalue weighted by Gasteiger charge is 2.10. The van der Waals surface area contributed by atoms with E-state index in [-0.39, 0.29) is 0 Å². The molecular weight excluding hydrogens is 239 g/mol. The van der Waals surface area contributed by atoms with Gasteiger partial charge in [-0.2, -0.15) is 4.39 Å². The number of rotatable bonds is 1. The Balaban J connectivity index is 2.31. The minimum Gasteiger partial charge on any atom is -0.359 e. The van der Waals surface area contributed by atoms with E-state index in [1.807, 2.05) is 18.2 Å². The van der Waals surface area contributed by atoms with Gasteiger partial charge in [-0.25, -0.2) is 4.98 Å². The van der Waals surface area contributed by atoms with Crippen LogP contribution in [-0.4, -0.2) is 9.97 Å². The first-order valence-electron chi connectivity index (χ1n) is 5.14. The molecule has 0 amide bonds. The summed E-state index contributed by atoms with van der Waals surface area (Å²) in [7, 11) is 0. The van der Waals surface area contributed by atoms with Gasteiger partial charge < -0.3 is 4.98 Å². The highest BCUT2D eigenvalue weighted by molar-refractivity contribution is 6.33. The summed E-state index contributed by atoms with van der Waals surface area (Å²) >= 11 is 6.12. The summed E-state index contributed by atoms with van der Waals surface area (Å²) < 4.78 is 13.2. The Labute approximate surface area is 102 Å². The number of nitrogens with one attached hydrogen (secondary N) is 1. The summed E-state index contributed by atoms with van der Waals surface area (Å²) in [4.78, 5) is 6.95. The number of nitrogens with zero attached hydrogens (tertiary/aromatic N) is 1. The monoisotopic (exact) mass is 246 g/mol. The van der Waals surface area contributed by atoms with Gasteiger partial charge in [0.1, 0.15) is 0 Å². The quantitative estimate of drug-likeness (QED) is 0.646. The van der Waals surface area contributed by atoms with Crippen LogP contribution in [0.2, 0.25) is 5.02 Å². The summed E-state index contributed by atoms with van der Waals surface area (Å²) in [6, 6.07) is 10.4. The van der Waals surface area contributed by atoms with Gasteiger partial charge in [-0.1, -0.05) is 29.8 Å². The zero-order valence-electron chi connectivity index (χ0n) is 8.74.